The first-order chi connectivity index (χ1) is 14.7. The second-order valence-corrected chi connectivity index (χ2v) is 6.97. The van der Waals surface area contributed by atoms with Crippen molar-refractivity contribution in [1.82, 2.24) is 20.3 Å². The van der Waals surface area contributed by atoms with E-state index in [2.05, 4.69) is 30.7 Å². The second kappa shape index (κ2) is 8.95. The van der Waals surface area contributed by atoms with Gasteiger partial charge in [-0.3, -0.25) is 10.3 Å². The van der Waals surface area contributed by atoms with Gasteiger partial charge in [-0.1, -0.05) is 0 Å². The number of amidine groups is 1. The van der Waals surface area contributed by atoms with Crippen molar-refractivity contribution >= 4 is 29.0 Å². The number of carbonyl (C=O) groups excluding carboxylic acids is 1. The summed E-state index contributed by atoms with van der Waals surface area (Å²) in [5, 5.41) is 9.51. The zero-order valence-electron chi connectivity index (χ0n) is 16.1. The Kier molecular flexibility index (Phi) is 6.34. The largest absolute Gasteiger partial charge is 0.434 e. The lowest BCUT2D eigenvalue weighted by Crippen LogP contribution is -2.28. The van der Waals surface area contributed by atoms with Crippen LogP contribution < -0.4 is 22.2 Å². The number of hydrogen-bond donors (Lipinski definition) is 4. The van der Waals surface area contributed by atoms with E-state index in [0.717, 1.165) is 16.7 Å². The van der Waals surface area contributed by atoms with Gasteiger partial charge in [0, 0.05) is 52.8 Å². The number of hydrogen-bond acceptors (Lipinski definition) is 7. The van der Waals surface area contributed by atoms with Crippen LogP contribution in [0.5, 0.6) is 0 Å². The van der Waals surface area contributed by atoms with Crippen molar-refractivity contribution in [2.24, 2.45) is 16.7 Å². The Morgan fingerprint density at radius 2 is 2.00 bits per heavy atom. The number of urea groups is 1. The Morgan fingerprint density at radius 1 is 1.23 bits per heavy atom. The molecule has 3 rings (SSSR count). The number of halogens is 3. The third kappa shape index (κ3) is 5.06. The lowest BCUT2D eigenvalue weighted by molar-refractivity contribution is -0.140. The number of thiazole rings is 1. The molecule has 0 aliphatic rings. The maximum absolute atomic E-state index is 13.1. The molecule has 3 heterocycles. The van der Waals surface area contributed by atoms with Crippen LogP contribution in [0.2, 0.25) is 0 Å². The van der Waals surface area contributed by atoms with E-state index < -0.39 is 17.9 Å². The molecule has 0 aromatic carbocycles. The van der Waals surface area contributed by atoms with E-state index in [4.69, 9.17) is 11.6 Å². The van der Waals surface area contributed by atoms with Crippen molar-refractivity contribution in [2.75, 3.05) is 11.9 Å². The van der Waals surface area contributed by atoms with Crippen molar-refractivity contribution < 1.29 is 18.0 Å². The van der Waals surface area contributed by atoms with Crippen LogP contribution >= 0.6 is 11.3 Å². The minimum absolute atomic E-state index is 0.0342. The Hall–Kier alpha value is -3.74. The fraction of sp³-hybridized carbons (Fsp3) is 0.167. The van der Waals surface area contributed by atoms with Crippen LogP contribution in [0.4, 0.5) is 23.8 Å². The van der Waals surface area contributed by atoms with Gasteiger partial charge in [0.05, 0.1) is 0 Å². The number of rotatable bonds is 5. The van der Waals surface area contributed by atoms with Crippen LogP contribution in [0.1, 0.15) is 18.2 Å². The quantitative estimate of drug-likeness (QED) is 0.204. The van der Waals surface area contributed by atoms with Crippen LogP contribution in [-0.2, 0) is 6.18 Å². The van der Waals surface area contributed by atoms with E-state index in [1.165, 1.54) is 24.7 Å². The molecule has 0 spiro atoms. The highest BCUT2D eigenvalue weighted by Gasteiger charge is 2.34. The first-order valence-corrected chi connectivity index (χ1v) is 9.68. The van der Waals surface area contributed by atoms with Gasteiger partial charge in [-0.05, 0) is 19.1 Å². The van der Waals surface area contributed by atoms with Crippen LogP contribution in [0.3, 0.4) is 0 Å². The monoisotopic (exact) mass is 450 g/mol. The molecule has 9 nitrogen and oxygen atoms in total. The first-order valence-electron chi connectivity index (χ1n) is 8.80. The molecule has 0 saturated heterocycles. The van der Waals surface area contributed by atoms with E-state index in [1.807, 2.05) is 0 Å². The molecule has 0 aliphatic carbocycles. The molecule has 3 aromatic heterocycles. The summed E-state index contributed by atoms with van der Waals surface area (Å²) in [5.74, 6) is 5.38. The Bertz CT molecular complexity index is 1130. The number of carbonyl (C=O) groups is 1. The van der Waals surface area contributed by atoms with Gasteiger partial charge in [0.2, 0.25) is 0 Å². The zero-order chi connectivity index (χ0) is 22.6. The maximum Gasteiger partial charge on any atom is 0.434 e. The highest BCUT2D eigenvalue weighted by Crippen LogP contribution is 2.38. The van der Waals surface area contributed by atoms with Gasteiger partial charge in [0.15, 0.2) is 11.5 Å². The fourth-order valence-corrected chi connectivity index (χ4v) is 3.44. The molecule has 0 atom stereocenters. The summed E-state index contributed by atoms with van der Waals surface area (Å²) in [6.45, 7) is 2.13. The van der Waals surface area contributed by atoms with Crippen molar-refractivity contribution in [1.29, 1.82) is 0 Å². The summed E-state index contributed by atoms with van der Waals surface area (Å²) in [7, 11) is 0. The zero-order valence-corrected chi connectivity index (χ0v) is 16.9. The molecule has 6 N–H and O–H groups in total. The van der Waals surface area contributed by atoms with Gasteiger partial charge < -0.3 is 16.9 Å². The highest BCUT2D eigenvalue weighted by atomic mass is 32.1. The third-order valence-corrected chi connectivity index (χ3v) is 4.87. The fourth-order valence-electron chi connectivity index (χ4n) is 2.58. The average molecular weight is 450 g/mol. The SMILES string of the molecule is CCNC(=O)Nc1cc(-c2nc(C(F)(F)F)cs2)c(-c2cncc(/C(N)=N/N)c2)cn1. The molecule has 2 amide bonds. The maximum atomic E-state index is 13.1. The van der Waals surface area contributed by atoms with Crippen molar-refractivity contribution in [3.05, 3.63) is 47.4 Å². The molecule has 0 saturated carbocycles. The molecule has 3 aromatic rings. The van der Waals surface area contributed by atoms with E-state index >= 15 is 0 Å². The number of nitrogens with one attached hydrogen (secondary N) is 2. The number of nitrogens with zero attached hydrogens (tertiary/aromatic N) is 4. The molecule has 13 heteroatoms. The summed E-state index contributed by atoms with van der Waals surface area (Å²) in [6.07, 6.45) is -0.249. The van der Waals surface area contributed by atoms with E-state index in [9.17, 15) is 18.0 Å². The van der Waals surface area contributed by atoms with E-state index in [-0.39, 0.29) is 16.7 Å². The topological polar surface area (TPSA) is 144 Å². The summed E-state index contributed by atoms with van der Waals surface area (Å²) >= 11 is 0.815. The van der Waals surface area contributed by atoms with Crippen LogP contribution in [0.25, 0.3) is 21.7 Å². The van der Waals surface area contributed by atoms with Crippen molar-refractivity contribution in [2.45, 2.75) is 13.1 Å². The van der Waals surface area contributed by atoms with E-state index in [1.54, 1.807) is 13.0 Å². The highest BCUT2D eigenvalue weighted by molar-refractivity contribution is 7.13. The lowest BCUT2D eigenvalue weighted by Gasteiger charge is -2.12. The number of nitrogens with two attached hydrogens (primary N) is 2. The van der Waals surface area contributed by atoms with Crippen molar-refractivity contribution in [3.8, 4) is 21.7 Å². The molecule has 0 radical (unpaired) electrons. The van der Waals surface area contributed by atoms with Gasteiger partial charge in [0.1, 0.15) is 10.8 Å². The lowest BCUT2D eigenvalue weighted by atomic mass is 10.0. The van der Waals surface area contributed by atoms with Gasteiger partial charge in [-0.25, -0.2) is 14.8 Å². The number of aromatic nitrogens is 3. The number of pyridine rings is 2. The molecule has 0 fully saturated rings. The average Bonchev–Trinajstić information content (AvgIpc) is 3.24. The Morgan fingerprint density at radius 3 is 2.65 bits per heavy atom. The number of hydrazone groups is 1. The predicted molar refractivity (Wildman–Crippen MR) is 111 cm³/mol. The summed E-state index contributed by atoms with van der Waals surface area (Å²) < 4.78 is 39.2. The minimum Gasteiger partial charge on any atom is -0.382 e. The van der Waals surface area contributed by atoms with Gasteiger partial charge in [0.25, 0.3) is 0 Å². The number of alkyl halides is 3. The molecule has 0 bridgehead atoms. The molecule has 0 unspecified atom stereocenters. The van der Waals surface area contributed by atoms with Crippen LogP contribution in [0.15, 0.2) is 41.2 Å². The molecular weight excluding hydrogens is 433 g/mol. The molecular formula is C18H17F3N8OS. The second-order valence-electron chi connectivity index (χ2n) is 6.11. The van der Waals surface area contributed by atoms with Crippen LogP contribution in [-0.4, -0.2) is 33.4 Å². The van der Waals surface area contributed by atoms with Gasteiger partial charge in [-0.2, -0.15) is 18.3 Å². The minimum atomic E-state index is -4.59. The van der Waals surface area contributed by atoms with Crippen LogP contribution in [0, 0.1) is 0 Å². The molecule has 162 valence electrons. The standard InChI is InChI=1S/C18H17F3N8OS/c1-2-25-17(30)28-14-4-11(16-27-13(8-31-16)18(19,20)21)12(7-26-14)9-3-10(6-24-5-9)15(22)29-23/h3-8H,2,23H2,1H3,(H2,22,29)(H2,25,26,28,30). The first kappa shape index (κ1) is 22.0. The Labute approximate surface area is 178 Å². The summed E-state index contributed by atoms with van der Waals surface area (Å²) in [4.78, 5) is 23.8. The van der Waals surface area contributed by atoms with Crippen molar-refractivity contribution in [3.63, 3.8) is 0 Å². The number of anilines is 1. The van der Waals surface area contributed by atoms with Gasteiger partial charge in [-0.15, -0.1) is 11.3 Å². The third-order valence-electron chi connectivity index (χ3n) is 3.99. The van der Waals surface area contributed by atoms with Gasteiger partial charge >= 0.3 is 12.2 Å². The summed E-state index contributed by atoms with van der Waals surface area (Å²) in [5.41, 5.74) is 6.39. The van der Waals surface area contributed by atoms with E-state index in [0.29, 0.717) is 28.8 Å². The number of amides is 2. The Balaban J connectivity index is 2.13. The molecule has 0 aliphatic heterocycles. The predicted octanol–water partition coefficient (Wildman–Crippen LogP) is 3.01. The normalized spacial score (nSPS) is 11.9. The smallest absolute Gasteiger partial charge is 0.382 e. The molecule has 31 heavy (non-hydrogen) atoms. The summed E-state index contributed by atoms with van der Waals surface area (Å²) in [6, 6.07) is 2.56.